The first-order chi connectivity index (χ1) is 7.69. The second kappa shape index (κ2) is 4.76. The molecule has 0 fully saturated rings. The Morgan fingerprint density at radius 1 is 1.25 bits per heavy atom. The molecule has 16 heavy (non-hydrogen) atoms. The molecule has 0 saturated heterocycles. The van der Waals surface area contributed by atoms with Gasteiger partial charge in [0.15, 0.2) is 0 Å². The number of nitrogens with one attached hydrogen (secondary N) is 1. The molecule has 1 N–H and O–H groups in total. The maximum absolute atomic E-state index is 5.91. The van der Waals surface area contributed by atoms with E-state index in [4.69, 9.17) is 23.2 Å². The van der Waals surface area contributed by atoms with Crippen molar-refractivity contribution in [1.29, 1.82) is 0 Å². The summed E-state index contributed by atoms with van der Waals surface area (Å²) in [4.78, 5) is 4.21. The van der Waals surface area contributed by atoms with E-state index >= 15 is 0 Å². The minimum Gasteiger partial charge on any atom is -0.326 e. The van der Waals surface area contributed by atoms with Gasteiger partial charge in [0.1, 0.15) is 0 Å². The van der Waals surface area contributed by atoms with E-state index in [-0.39, 0.29) is 0 Å². The molecule has 0 atom stereocenters. The first-order valence-electron chi connectivity index (χ1n) is 4.93. The monoisotopic (exact) mass is 255 g/mol. The van der Waals surface area contributed by atoms with Crippen LogP contribution < -0.4 is 5.32 Å². The van der Waals surface area contributed by atoms with Gasteiger partial charge in [-0.05, 0) is 25.1 Å². The van der Waals surface area contributed by atoms with E-state index in [1.165, 1.54) is 0 Å². The average molecular weight is 256 g/mol. The Labute approximate surface area is 104 Å². The number of hydrogen-bond donors (Lipinski definition) is 1. The highest BCUT2D eigenvalue weighted by Gasteiger charge is 2.03. The summed E-state index contributed by atoms with van der Waals surface area (Å²) in [6, 6.07) is 5.31. The van der Waals surface area contributed by atoms with E-state index in [2.05, 4.69) is 17.2 Å². The number of imidazole rings is 1. The van der Waals surface area contributed by atoms with Gasteiger partial charge in [-0.1, -0.05) is 23.2 Å². The van der Waals surface area contributed by atoms with E-state index < -0.39 is 0 Å². The third kappa shape index (κ3) is 2.49. The molecule has 2 aromatic rings. The van der Waals surface area contributed by atoms with E-state index in [0.717, 1.165) is 18.2 Å². The normalized spacial score (nSPS) is 10.4. The summed E-state index contributed by atoms with van der Waals surface area (Å²) < 4.78 is 1.99. The van der Waals surface area contributed by atoms with E-state index in [1.54, 1.807) is 12.3 Å². The lowest BCUT2D eigenvalue weighted by Crippen LogP contribution is -2.01. The number of aromatic nitrogens is 2. The summed E-state index contributed by atoms with van der Waals surface area (Å²) in [5.41, 5.74) is 0.832. The van der Waals surface area contributed by atoms with Crippen molar-refractivity contribution in [1.82, 2.24) is 9.55 Å². The molecule has 0 aliphatic heterocycles. The van der Waals surface area contributed by atoms with Crippen LogP contribution in [0, 0.1) is 0 Å². The van der Waals surface area contributed by atoms with Gasteiger partial charge >= 0.3 is 0 Å². The minimum atomic E-state index is 0.601. The lowest BCUT2D eigenvalue weighted by molar-refractivity contribution is 0.772. The fraction of sp³-hybridized carbons (Fsp3) is 0.182. The summed E-state index contributed by atoms with van der Waals surface area (Å²) >= 11 is 11.8. The molecule has 3 nitrogen and oxygen atoms in total. The molecule has 0 unspecified atom stereocenters. The highest BCUT2D eigenvalue weighted by molar-refractivity contribution is 6.35. The van der Waals surface area contributed by atoms with Crippen LogP contribution in [0.4, 0.5) is 11.6 Å². The molecule has 0 radical (unpaired) electrons. The zero-order valence-corrected chi connectivity index (χ0v) is 10.3. The largest absolute Gasteiger partial charge is 0.326 e. The molecule has 2 rings (SSSR count). The molecule has 1 aromatic carbocycles. The Balaban J connectivity index is 2.26. The molecule has 0 amide bonds. The Morgan fingerprint density at radius 3 is 2.56 bits per heavy atom. The molecule has 1 heterocycles. The maximum Gasteiger partial charge on any atom is 0.207 e. The van der Waals surface area contributed by atoms with Crippen LogP contribution in [0.1, 0.15) is 6.92 Å². The van der Waals surface area contributed by atoms with E-state index in [0.29, 0.717) is 10.0 Å². The van der Waals surface area contributed by atoms with Crippen molar-refractivity contribution in [3.63, 3.8) is 0 Å². The molecular weight excluding hydrogens is 245 g/mol. The van der Waals surface area contributed by atoms with Gasteiger partial charge in [0.25, 0.3) is 0 Å². The molecule has 5 heteroatoms. The van der Waals surface area contributed by atoms with Gasteiger partial charge in [0.2, 0.25) is 5.95 Å². The van der Waals surface area contributed by atoms with Crippen LogP contribution >= 0.6 is 23.2 Å². The van der Waals surface area contributed by atoms with Gasteiger partial charge in [-0.2, -0.15) is 0 Å². The van der Waals surface area contributed by atoms with Crippen molar-refractivity contribution in [2.75, 3.05) is 5.32 Å². The van der Waals surface area contributed by atoms with Crippen LogP contribution in [0.15, 0.2) is 30.6 Å². The summed E-state index contributed by atoms with van der Waals surface area (Å²) in [5, 5.41) is 4.37. The summed E-state index contributed by atoms with van der Waals surface area (Å²) in [6.45, 7) is 2.91. The molecule has 0 spiro atoms. The fourth-order valence-corrected chi connectivity index (χ4v) is 1.97. The van der Waals surface area contributed by atoms with Crippen LogP contribution in [-0.2, 0) is 6.54 Å². The van der Waals surface area contributed by atoms with Crippen molar-refractivity contribution < 1.29 is 0 Å². The SMILES string of the molecule is CCn1ccnc1Nc1cc(Cl)cc(Cl)c1. The quantitative estimate of drug-likeness (QED) is 0.900. The predicted molar refractivity (Wildman–Crippen MR) is 67.6 cm³/mol. The van der Waals surface area contributed by atoms with Gasteiger partial charge in [-0.15, -0.1) is 0 Å². The maximum atomic E-state index is 5.91. The highest BCUT2D eigenvalue weighted by atomic mass is 35.5. The van der Waals surface area contributed by atoms with Crippen molar-refractivity contribution in [3.05, 3.63) is 40.6 Å². The van der Waals surface area contributed by atoms with Crippen molar-refractivity contribution in [2.45, 2.75) is 13.5 Å². The van der Waals surface area contributed by atoms with Crippen molar-refractivity contribution in [3.8, 4) is 0 Å². The van der Waals surface area contributed by atoms with Gasteiger partial charge in [-0.25, -0.2) is 4.98 Å². The van der Waals surface area contributed by atoms with Gasteiger partial charge in [-0.3, -0.25) is 0 Å². The Morgan fingerprint density at radius 2 is 1.94 bits per heavy atom. The molecular formula is C11H11Cl2N3. The van der Waals surface area contributed by atoms with E-state index in [1.807, 2.05) is 22.9 Å². The van der Waals surface area contributed by atoms with E-state index in [9.17, 15) is 0 Å². The zero-order valence-electron chi connectivity index (χ0n) is 8.74. The number of anilines is 2. The number of aryl methyl sites for hydroxylation is 1. The first kappa shape index (κ1) is 11.3. The van der Waals surface area contributed by atoms with Gasteiger partial charge < -0.3 is 9.88 Å². The molecule has 0 aliphatic carbocycles. The molecule has 1 aromatic heterocycles. The second-order valence-electron chi connectivity index (χ2n) is 3.32. The smallest absolute Gasteiger partial charge is 0.207 e. The zero-order chi connectivity index (χ0) is 11.5. The molecule has 0 saturated carbocycles. The minimum absolute atomic E-state index is 0.601. The Hall–Kier alpha value is -1.19. The summed E-state index contributed by atoms with van der Waals surface area (Å²) in [7, 11) is 0. The van der Waals surface area contributed by atoms with Crippen LogP contribution in [0.25, 0.3) is 0 Å². The standard InChI is InChI=1S/C11H11Cl2N3/c1-2-16-4-3-14-11(16)15-10-6-8(12)5-9(13)7-10/h3-7H,2H2,1H3,(H,14,15). The lowest BCUT2D eigenvalue weighted by Gasteiger charge is -2.08. The second-order valence-corrected chi connectivity index (χ2v) is 4.19. The molecule has 0 aliphatic rings. The number of hydrogen-bond acceptors (Lipinski definition) is 2. The van der Waals surface area contributed by atoms with Crippen LogP contribution in [0.3, 0.4) is 0 Å². The Bertz CT molecular complexity index is 473. The highest BCUT2D eigenvalue weighted by Crippen LogP contribution is 2.24. The third-order valence-corrected chi connectivity index (χ3v) is 2.61. The predicted octanol–water partition coefficient (Wildman–Crippen LogP) is 3.95. The lowest BCUT2D eigenvalue weighted by atomic mass is 10.3. The Kier molecular flexibility index (Phi) is 3.36. The van der Waals surface area contributed by atoms with Gasteiger partial charge in [0, 0.05) is 34.7 Å². The van der Waals surface area contributed by atoms with Crippen LogP contribution in [0.5, 0.6) is 0 Å². The van der Waals surface area contributed by atoms with Gasteiger partial charge in [0.05, 0.1) is 0 Å². The van der Waals surface area contributed by atoms with Crippen LogP contribution in [-0.4, -0.2) is 9.55 Å². The topological polar surface area (TPSA) is 29.9 Å². The molecule has 84 valence electrons. The third-order valence-electron chi connectivity index (χ3n) is 2.17. The average Bonchev–Trinajstić information content (AvgIpc) is 2.63. The molecule has 0 bridgehead atoms. The fourth-order valence-electron chi connectivity index (χ4n) is 1.44. The number of nitrogens with zero attached hydrogens (tertiary/aromatic N) is 2. The van der Waals surface area contributed by atoms with Crippen molar-refractivity contribution in [2.24, 2.45) is 0 Å². The number of halogens is 2. The van der Waals surface area contributed by atoms with Crippen LogP contribution in [0.2, 0.25) is 10.0 Å². The first-order valence-corrected chi connectivity index (χ1v) is 5.69. The van der Waals surface area contributed by atoms with Crippen molar-refractivity contribution >= 4 is 34.8 Å². The summed E-state index contributed by atoms with van der Waals surface area (Å²) in [5.74, 6) is 0.779. The number of benzene rings is 1. The summed E-state index contributed by atoms with van der Waals surface area (Å²) in [6.07, 6.45) is 3.66. The number of rotatable bonds is 3.